The number of carbonyl (C=O) groups excluding carboxylic acids is 1. The third-order valence-corrected chi connectivity index (χ3v) is 3.49. The molecule has 0 bridgehead atoms. The second-order valence-corrected chi connectivity index (χ2v) is 5.36. The van der Waals surface area contributed by atoms with E-state index in [4.69, 9.17) is 0 Å². The monoisotopic (exact) mass is 411 g/mol. The number of non-ortho nitro benzene ring substituents is 1. The van der Waals surface area contributed by atoms with Gasteiger partial charge in [0.25, 0.3) is 5.69 Å². The Labute approximate surface area is 152 Å². The Morgan fingerprint density at radius 2 is 1.75 bits per heavy atom. The summed E-state index contributed by atoms with van der Waals surface area (Å²) in [5, 5.41) is 13.6. The summed E-state index contributed by atoms with van der Waals surface area (Å²) < 4.78 is 83.0. The molecule has 0 spiro atoms. The predicted molar refractivity (Wildman–Crippen MR) is 80.1 cm³/mol. The molecule has 152 valence electrons. The van der Waals surface area contributed by atoms with Gasteiger partial charge in [-0.1, -0.05) is 0 Å². The van der Waals surface area contributed by atoms with Gasteiger partial charge in [-0.3, -0.25) is 10.1 Å². The van der Waals surface area contributed by atoms with E-state index in [9.17, 15) is 41.3 Å². The molecule has 0 amide bonds. The number of hydrogen-bond acceptors (Lipinski definition) is 5. The number of nitrogens with zero attached hydrogens (tertiary/aromatic N) is 3. The largest absolute Gasteiger partial charge is 0.464 e. The quantitative estimate of drug-likeness (QED) is 0.322. The molecule has 1 atom stereocenters. The standard InChI is InChI=1S/C15H11F6N3O4/c1-2-28-13(25)12(8-3-5-9(6-4-8)24(26)27)23-11(15(19,20)21)7-10(22-23)14(16,17)18/h3-7,12H,2H2,1H3. The Morgan fingerprint density at radius 1 is 1.18 bits per heavy atom. The fourth-order valence-electron chi connectivity index (χ4n) is 2.32. The molecule has 1 unspecified atom stereocenters. The van der Waals surface area contributed by atoms with Crippen LogP contribution in [0.4, 0.5) is 32.0 Å². The summed E-state index contributed by atoms with van der Waals surface area (Å²) >= 11 is 0. The average Bonchev–Trinajstić information content (AvgIpc) is 3.01. The van der Waals surface area contributed by atoms with Crippen LogP contribution < -0.4 is 0 Å². The molecule has 0 fully saturated rings. The minimum absolute atomic E-state index is 0.137. The van der Waals surface area contributed by atoms with Crippen molar-refractivity contribution in [1.82, 2.24) is 9.78 Å². The SMILES string of the molecule is CCOC(=O)C(c1ccc([N+](=O)[O-])cc1)n1nc(C(F)(F)F)cc1C(F)(F)F. The van der Waals surface area contributed by atoms with Crippen molar-refractivity contribution in [2.45, 2.75) is 25.3 Å². The molecule has 1 aromatic carbocycles. The number of halogens is 6. The first-order valence-corrected chi connectivity index (χ1v) is 7.51. The van der Waals surface area contributed by atoms with E-state index < -0.39 is 46.4 Å². The molecule has 2 aromatic rings. The van der Waals surface area contributed by atoms with Crippen molar-refractivity contribution in [2.24, 2.45) is 0 Å². The second-order valence-electron chi connectivity index (χ2n) is 5.36. The third kappa shape index (κ3) is 4.40. The van der Waals surface area contributed by atoms with Crippen LogP contribution in [0.25, 0.3) is 0 Å². The summed E-state index contributed by atoms with van der Waals surface area (Å²) in [5.41, 5.74) is -4.38. The summed E-state index contributed by atoms with van der Waals surface area (Å²) in [6, 6.07) is 1.40. The van der Waals surface area contributed by atoms with E-state index in [1.54, 1.807) is 0 Å². The Kier molecular flexibility index (Phi) is 5.66. The molecule has 0 N–H and O–H groups in total. The molecular weight excluding hydrogens is 400 g/mol. The van der Waals surface area contributed by atoms with E-state index in [2.05, 4.69) is 9.84 Å². The van der Waals surface area contributed by atoms with E-state index >= 15 is 0 Å². The number of esters is 1. The van der Waals surface area contributed by atoms with Crippen molar-refractivity contribution < 1.29 is 40.8 Å². The molecule has 13 heteroatoms. The van der Waals surface area contributed by atoms with E-state index in [1.165, 1.54) is 6.92 Å². The van der Waals surface area contributed by atoms with Gasteiger partial charge < -0.3 is 4.74 Å². The first-order chi connectivity index (χ1) is 12.9. The van der Waals surface area contributed by atoms with Crippen molar-refractivity contribution in [3.05, 3.63) is 57.4 Å². The number of rotatable bonds is 5. The van der Waals surface area contributed by atoms with Crippen LogP contribution in [-0.4, -0.2) is 27.3 Å². The average molecular weight is 411 g/mol. The number of ether oxygens (including phenoxy) is 1. The number of carbonyl (C=O) groups is 1. The van der Waals surface area contributed by atoms with Gasteiger partial charge >= 0.3 is 18.3 Å². The molecule has 0 saturated heterocycles. The van der Waals surface area contributed by atoms with Crippen LogP contribution in [0.15, 0.2) is 30.3 Å². The molecule has 0 radical (unpaired) electrons. The lowest BCUT2D eigenvalue weighted by Crippen LogP contribution is -2.28. The van der Waals surface area contributed by atoms with Gasteiger partial charge in [-0.2, -0.15) is 31.4 Å². The molecule has 2 rings (SSSR count). The lowest BCUT2D eigenvalue weighted by molar-refractivity contribution is -0.384. The normalized spacial score (nSPS) is 13.2. The number of alkyl halides is 6. The van der Waals surface area contributed by atoms with Gasteiger partial charge in [0.15, 0.2) is 11.7 Å². The number of aromatic nitrogens is 2. The summed E-state index contributed by atoms with van der Waals surface area (Å²) in [6.45, 7) is 1.08. The van der Waals surface area contributed by atoms with Crippen LogP contribution in [0, 0.1) is 10.1 Å². The van der Waals surface area contributed by atoms with Crippen molar-refractivity contribution in [1.29, 1.82) is 0 Å². The van der Waals surface area contributed by atoms with Gasteiger partial charge in [-0.05, 0) is 24.6 Å². The number of nitro groups is 1. The summed E-state index contributed by atoms with van der Waals surface area (Å²) in [5.74, 6) is -1.31. The van der Waals surface area contributed by atoms with Gasteiger partial charge in [0.05, 0.1) is 11.5 Å². The van der Waals surface area contributed by atoms with Gasteiger partial charge in [0.1, 0.15) is 5.69 Å². The lowest BCUT2D eigenvalue weighted by atomic mass is 10.1. The Bertz CT molecular complexity index is 873. The molecule has 0 aliphatic carbocycles. The number of benzene rings is 1. The van der Waals surface area contributed by atoms with E-state index in [-0.39, 0.29) is 22.9 Å². The highest BCUT2D eigenvalue weighted by Gasteiger charge is 2.44. The molecule has 1 heterocycles. The Hall–Kier alpha value is -3.12. The predicted octanol–water partition coefficient (Wildman–Crippen LogP) is 3.98. The van der Waals surface area contributed by atoms with E-state index in [1.807, 2.05) is 0 Å². The zero-order valence-corrected chi connectivity index (χ0v) is 13.9. The molecule has 0 aliphatic rings. The minimum atomic E-state index is -5.26. The van der Waals surface area contributed by atoms with Gasteiger partial charge in [-0.25, -0.2) is 9.48 Å². The highest BCUT2D eigenvalue weighted by atomic mass is 19.4. The summed E-state index contributed by atoms with van der Waals surface area (Å²) in [7, 11) is 0. The minimum Gasteiger partial charge on any atom is -0.464 e. The maximum Gasteiger partial charge on any atom is 0.435 e. The molecule has 1 aromatic heterocycles. The fourth-order valence-corrected chi connectivity index (χ4v) is 2.32. The highest BCUT2D eigenvalue weighted by Crippen LogP contribution is 2.38. The van der Waals surface area contributed by atoms with Crippen molar-refractivity contribution >= 4 is 11.7 Å². The number of nitro benzene ring substituents is 1. The topological polar surface area (TPSA) is 87.3 Å². The van der Waals surface area contributed by atoms with E-state index in [0.717, 1.165) is 24.3 Å². The Morgan fingerprint density at radius 3 is 2.18 bits per heavy atom. The first kappa shape index (κ1) is 21.2. The van der Waals surface area contributed by atoms with Gasteiger partial charge in [0, 0.05) is 18.2 Å². The van der Waals surface area contributed by atoms with Crippen molar-refractivity contribution in [3.8, 4) is 0 Å². The molecule has 7 nitrogen and oxygen atoms in total. The summed E-state index contributed by atoms with van der Waals surface area (Å²) in [4.78, 5) is 22.2. The lowest BCUT2D eigenvalue weighted by Gasteiger charge is -2.20. The highest BCUT2D eigenvalue weighted by molar-refractivity contribution is 5.78. The Balaban J connectivity index is 2.68. The smallest absolute Gasteiger partial charge is 0.435 e. The molecule has 0 saturated carbocycles. The van der Waals surface area contributed by atoms with Crippen LogP contribution in [0.1, 0.15) is 29.9 Å². The van der Waals surface area contributed by atoms with Gasteiger partial charge in [-0.15, -0.1) is 0 Å². The summed E-state index contributed by atoms with van der Waals surface area (Å²) in [6.07, 6.45) is -10.5. The van der Waals surface area contributed by atoms with Crippen LogP contribution in [0.3, 0.4) is 0 Å². The van der Waals surface area contributed by atoms with Crippen LogP contribution in [0.2, 0.25) is 0 Å². The fraction of sp³-hybridized carbons (Fsp3) is 0.333. The van der Waals surface area contributed by atoms with Crippen LogP contribution in [-0.2, 0) is 21.9 Å². The second kappa shape index (κ2) is 7.48. The maximum atomic E-state index is 13.3. The molecular formula is C15H11F6N3O4. The van der Waals surface area contributed by atoms with Crippen molar-refractivity contribution in [3.63, 3.8) is 0 Å². The molecule has 0 aliphatic heterocycles. The van der Waals surface area contributed by atoms with Crippen LogP contribution in [0.5, 0.6) is 0 Å². The van der Waals surface area contributed by atoms with Crippen molar-refractivity contribution in [2.75, 3.05) is 6.61 Å². The number of hydrogen-bond donors (Lipinski definition) is 0. The zero-order valence-electron chi connectivity index (χ0n) is 13.9. The maximum absolute atomic E-state index is 13.3. The van der Waals surface area contributed by atoms with E-state index in [0.29, 0.717) is 0 Å². The first-order valence-electron chi connectivity index (χ1n) is 7.51. The third-order valence-electron chi connectivity index (χ3n) is 3.49. The van der Waals surface area contributed by atoms with Crippen LogP contribution >= 0.6 is 0 Å². The van der Waals surface area contributed by atoms with Gasteiger partial charge in [0.2, 0.25) is 0 Å². The zero-order chi connectivity index (χ0) is 21.3. The molecule has 28 heavy (non-hydrogen) atoms.